The molecule has 0 aliphatic heterocycles. The standard InChI is InChI=1S/C17H23N5O2/c1-11-9-18-6-5-13(11)19-7-8-20-14(23)12-10-21-16(17(2,3)4)22-15(12)24/h5-6,9-10H,7-8H2,1-4H3,(H,18,19)(H,20,23)(H,21,22,24). The van der Waals surface area contributed by atoms with Crippen molar-refractivity contribution in [3.63, 3.8) is 0 Å². The monoisotopic (exact) mass is 329 g/mol. The van der Waals surface area contributed by atoms with Crippen LogP contribution < -0.4 is 16.2 Å². The predicted molar refractivity (Wildman–Crippen MR) is 93.4 cm³/mol. The highest BCUT2D eigenvalue weighted by molar-refractivity contribution is 5.93. The van der Waals surface area contributed by atoms with Crippen molar-refractivity contribution < 1.29 is 4.79 Å². The predicted octanol–water partition coefficient (Wildman–Crippen LogP) is 1.61. The van der Waals surface area contributed by atoms with Crippen LogP contribution in [0.1, 0.15) is 42.5 Å². The Labute approximate surface area is 140 Å². The Morgan fingerprint density at radius 3 is 2.62 bits per heavy atom. The Kier molecular flexibility index (Phi) is 5.33. The van der Waals surface area contributed by atoms with Gasteiger partial charge < -0.3 is 15.6 Å². The zero-order chi connectivity index (χ0) is 17.7. The first kappa shape index (κ1) is 17.7. The molecule has 0 unspecified atom stereocenters. The van der Waals surface area contributed by atoms with Gasteiger partial charge in [-0.1, -0.05) is 20.8 Å². The number of aromatic nitrogens is 3. The van der Waals surface area contributed by atoms with Gasteiger partial charge in [0.05, 0.1) is 0 Å². The van der Waals surface area contributed by atoms with Gasteiger partial charge in [-0.2, -0.15) is 0 Å². The summed E-state index contributed by atoms with van der Waals surface area (Å²) in [4.78, 5) is 35.0. The zero-order valence-corrected chi connectivity index (χ0v) is 14.4. The molecule has 2 rings (SSSR count). The lowest BCUT2D eigenvalue weighted by Gasteiger charge is -2.16. The lowest BCUT2D eigenvalue weighted by Crippen LogP contribution is -2.34. The number of carbonyl (C=O) groups is 1. The van der Waals surface area contributed by atoms with Crippen LogP contribution >= 0.6 is 0 Å². The maximum Gasteiger partial charge on any atom is 0.263 e. The average Bonchev–Trinajstić information content (AvgIpc) is 2.52. The summed E-state index contributed by atoms with van der Waals surface area (Å²) in [6, 6.07) is 1.87. The first-order valence-electron chi connectivity index (χ1n) is 7.81. The lowest BCUT2D eigenvalue weighted by molar-refractivity contribution is 0.0953. The van der Waals surface area contributed by atoms with Crippen molar-refractivity contribution in [3.05, 3.63) is 52.0 Å². The number of aryl methyl sites for hydroxylation is 1. The second-order valence-corrected chi connectivity index (χ2v) is 6.60. The van der Waals surface area contributed by atoms with Crippen molar-refractivity contribution in [3.8, 4) is 0 Å². The molecule has 0 aliphatic rings. The molecule has 3 N–H and O–H groups in total. The molecular weight excluding hydrogens is 306 g/mol. The van der Waals surface area contributed by atoms with Gasteiger partial charge in [0.1, 0.15) is 11.4 Å². The number of amides is 1. The van der Waals surface area contributed by atoms with Crippen LogP contribution in [0.25, 0.3) is 0 Å². The van der Waals surface area contributed by atoms with Gasteiger partial charge in [-0.25, -0.2) is 4.98 Å². The van der Waals surface area contributed by atoms with Gasteiger partial charge in [0.25, 0.3) is 11.5 Å². The fourth-order valence-corrected chi connectivity index (χ4v) is 2.08. The van der Waals surface area contributed by atoms with Crippen LogP contribution in [0.5, 0.6) is 0 Å². The van der Waals surface area contributed by atoms with Crippen molar-refractivity contribution in [2.24, 2.45) is 0 Å². The molecule has 0 aromatic carbocycles. The van der Waals surface area contributed by atoms with Crippen LogP contribution in [-0.4, -0.2) is 33.9 Å². The van der Waals surface area contributed by atoms with E-state index >= 15 is 0 Å². The number of hydrogen-bond donors (Lipinski definition) is 3. The summed E-state index contributed by atoms with van der Waals surface area (Å²) in [5.74, 6) is 0.122. The van der Waals surface area contributed by atoms with Crippen molar-refractivity contribution in [2.75, 3.05) is 18.4 Å². The number of rotatable bonds is 5. The van der Waals surface area contributed by atoms with E-state index in [1.54, 1.807) is 12.4 Å². The number of nitrogens with one attached hydrogen (secondary N) is 3. The van der Waals surface area contributed by atoms with E-state index in [1.807, 2.05) is 33.8 Å². The minimum Gasteiger partial charge on any atom is -0.383 e. The molecule has 0 bridgehead atoms. The molecule has 0 fully saturated rings. The quantitative estimate of drug-likeness (QED) is 0.724. The molecule has 2 aromatic heterocycles. The fourth-order valence-electron chi connectivity index (χ4n) is 2.08. The maximum absolute atomic E-state index is 12.1. The number of H-pyrrole nitrogens is 1. The van der Waals surface area contributed by atoms with Gasteiger partial charge >= 0.3 is 0 Å². The zero-order valence-electron chi connectivity index (χ0n) is 14.4. The van der Waals surface area contributed by atoms with E-state index in [4.69, 9.17) is 0 Å². The topological polar surface area (TPSA) is 99.8 Å². The molecule has 1 amide bonds. The van der Waals surface area contributed by atoms with E-state index < -0.39 is 11.5 Å². The summed E-state index contributed by atoms with van der Waals surface area (Å²) in [5.41, 5.74) is 1.31. The summed E-state index contributed by atoms with van der Waals surface area (Å²) >= 11 is 0. The molecule has 0 radical (unpaired) electrons. The number of hydrogen-bond acceptors (Lipinski definition) is 5. The number of nitrogens with zero attached hydrogens (tertiary/aromatic N) is 2. The third-order valence-corrected chi connectivity index (χ3v) is 3.50. The molecule has 0 spiro atoms. The van der Waals surface area contributed by atoms with E-state index in [-0.39, 0.29) is 11.0 Å². The van der Waals surface area contributed by atoms with Gasteiger partial charge in [-0.15, -0.1) is 0 Å². The Morgan fingerprint density at radius 2 is 2.00 bits per heavy atom. The molecule has 2 aromatic rings. The molecule has 0 atom stereocenters. The summed E-state index contributed by atoms with van der Waals surface area (Å²) in [7, 11) is 0. The van der Waals surface area contributed by atoms with Crippen LogP contribution in [0, 0.1) is 6.92 Å². The first-order valence-corrected chi connectivity index (χ1v) is 7.81. The third kappa shape index (κ3) is 4.41. The smallest absolute Gasteiger partial charge is 0.263 e. The number of pyridine rings is 1. The molecule has 2 heterocycles. The first-order chi connectivity index (χ1) is 11.3. The second-order valence-electron chi connectivity index (χ2n) is 6.60. The summed E-state index contributed by atoms with van der Waals surface area (Å²) in [6.07, 6.45) is 4.80. The molecular formula is C17H23N5O2. The molecule has 0 saturated carbocycles. The highest BCUT2D eigenvalue weighted by atomic mass is 16.2. The van der Waals surface area contributed by atoms with Crippen molar-refractivity contribution in [1.82, 2.24) is 20.3 Å². The van der Waals surface area contributed by atoms with E-state index in [9.17, 15) is 9.59 Å². The Morgan fingerprint density at radius 1 is 1.25 bits per heavy atom. The Hall–Kier alpha value is -2.70. The molecule has 0 aliphatic carbocycles. The van der Waals surface area contributed by atoms with E-state index in [0.29, 0.717) is 18.9 Å². The van der Waals surface area contributed by atoms with Crippen LogP contribution in [0.15, 0.2) is 29.5 Å². The maximum atomic E-state index is 12.1. The van der Waals surface area contributed by atoms with Crippen molar-refractivity contribution in [1.29, 1.82) is 0 Å². The molecule has 24 heavy (non-hydrogen) atoms. The van der Waals surface area contributed by atoms with Gasteiger partial charge in [0.2, 0.25) is 0 Å². The van der Waals surface area contributed by atoms with E-state index in [0.717, 1.165) is 11.3 Å². The Bertz CT molecular complexity index is 777. The molecule has 0 saturated heterocycles. The SMILES string of the molecule is Cc1cnccc1NCCNC(=O)c1cnc(C(C)(C)C)[nH]c1=O. The van der Waals surface area contributed by atoms with Gasteiger partial charge in [-0.05, 0) is 18.6 Å². The van der Waals surface area contributed by atoms with Gasteiger partial charge in [0, 0.05) is 42.8 Å². The van der Waals surface area contributed by atoms with Crippen LogP contribution in [0.3, 0.4) is 0 Å². The summed E-state index contributed by atoms with van der Waals surface area (Å²) < 4.78 is 0. The molecule has 7 nitrogen and oxygen atoms in total. The van der Waals surface area contributed by atoms with Crippen molar-refractivity contribution in [2.45, 2.75) is 33.1 Å². The number of aromatic amines is 1. The largest absolute Gasteiger partial charge is 0.383 e. The summed E-state index contributed by atoms with van der Waals surface area (Å²) in [6.45, 7) is 8.71. The van der Waals surface area contributed by atoms with Crippen LogP contribution in [0.2, 0.25) is 0 Å². The average molecular weight is 329 g/mol. The van der Waals surface area contributed by atoms with Crippen LogP contribution in [-0.2, 0) is 5.41 Å². The van der Waals surface area contributed by atoms with Gasteiger partial charge in [0.15, 0.2) is 0 Å². The second kappa shape index (κ2) is 7.25. The minimum atomic E-state index is -0.433. The number of anilines is 1. The third-order valence-electron chi connectivity index (χ3n) is 3.50. The number of carbonyl (C=O) groups excluding carboxylic acids is 1. The lowest BCUT2D eigenvalue weighted by atomic mass is 9.96. The van der Waals surface area contributed by atoms with Crippen LogP contribution in [0.4, 0.5) is 5.69 Å². The minimum absolute atomic E-state index is 0.0168. The van der Waals surface area contributed by atoms with Gasteiger partial charge in [-0.3, -0.25) is 14.6 Å². The highest BCUT2D eigenvalue weighted by Gasteiger charge is 2.19. The summed E-state index contributed by atoms with van der Waals surface area (Å²) in [5, 5.41) is 5.92. The van der Waals surface area contributed by atoms with Crippen molar-refractivity contribution >= 4 is 11.6 Å². The molecule has 128 valence electrons. The fraction of sp³-hybridized carbons (Fsp3) is 0.412. The van der Waals surface area contributed by atoms with E-state index in [1.165, 1.54) is 6.20 Å². The normalized spacial score (nSPS) is 11.2. The van der Waals surface area contributed by atoms with E-state index in [2.05, 4.69) is 25.6 Å². The Balaban J connectivity index is 1.91. The highest BCUT2D eigenvalue weighted by Crippen LogP contribution is 2.15. The molecule has 7 heteroatoms.